The average molecular weight is 196 g/mol. The van der Waals surface area contributed by atoms with Gasteiger partial charge in [-0.1, -0.05) is 25.0 Å². The molecule has 0 aromatic rings. The molecule has 1 unspecified atom stereocenters. The minimum Gasteiger partial charge on any atom is -0.465 e. The molecule has 1 rings (SSSR count). The largest absolute Gasteiger partial charge is 0.465 e. The molecule has 1 heterocycles. The van der Waals surface area contributed by atoms with Crippen molar-refractivity contribution in [2.75, 3.05) is 6.61 Å². The number of rotatable bonds is 4. The summed E-state index contributed by atoms with van der Waals surface area (Å²) in [5, 5.41) is 0. The molecule has 1 aliphatic heterocycles. The van der Waals surface area contributed by atoms with Crippen molar-refractivity contribution in [3.63, 3.8) is 0 Å². The fourth-order valence-electron chi connectivity index (χ4n) is 1.88. The van der Waals surface area contributed by atoms with Gasteiger partial charge in [0.05, 0.1) is 12.0 Å². The van der Waals surface area contributed by atoms with Crippen LogP contribution in [0, 0.1) is 5.41 Å². The van der Waals surface area contributed by atoms with Gasteiger partial charge in [0.2, 0.25) is 0 Å². The van der Waals surface area contributed by atoms with Crippen molar-refractivity contribution < 1.29 is 9.53 Å². The number of cyclic esters (lactones) is 1. The van der Waals surface area contributed by atoms with Gasteiger partial charge < -0.3 is 4.74 Å². The molecule has 0 N–H and O–H groups in total. The van der Waals surface area contributed by atoms with E-state index in [4.69, 9.17) is 4.74 Å². The van der Waals surface area contributed by atoms with Gasteiger partial charge in [-0.15, -0.1) is 0 Å². The summed E-state index contributed by atoms with van der Waals surface area (Å²) in [5.74, 6) is -0.0262. The van der Waals surface area contributed by atoms with E-state index in [9.17, 15) is 4.79 Å². The highest BCUT2D eigenvalue weighted by Crippen LogP contribution is 2.35. The summed E-state index contributed by atoms with van der Waals surface area (Å²) in [6.07, 6.45) is 6.22. The van der Waals surface area contributed by atoms with Crippen LogP contribution in [0.3, 0.4) is 0 Å². The summed E-state index contributed by atoms with van der Waals surface area (Å²) in [5.41, 5.74) is 1.06. The highest BCUT2D eigenvalue weighted by Gasteiger charge is 2.39. The number of ether oxygens (including phenoxy) is 1. The number of allylic oxidation sites excluding steroid dienone is 2. The predicted molar refractivity (Wildman–Crippen MR) is 57.0 cm³/mol. The molecule has 0 aromatic carbocycles. The van der Waals surface area contributed by atoms with Gasteiger partial charge in [0.15, 0.2) is 0 Å². The van der Waals surface area contributed by atoms with E-state index in [1.807, 2.05) is 6.92 Å². The summed E-state index contributed by atoms with van der Waals surface area (Å²) in [4.78, 5) is 11.5. The van der Waals surface area contributed by atoms with Crippen molar-refractivity contribution in [1.29, 1.82) is 0 Å². The Hall–Kier alpha value is -0.790. The van der Waals surface area contributed by atoms with Crippen LogP contribution >= 0.6 is 0 Å². The Morgan fingerprint density at radius 3 is 2.86 bits per heavy atom. The number of esters is 1. The molecule has 0 saturated carbocycles. The Balaban J connectivity index is 2.54. The fraction of sp³-hybridized carbons (Fsp3) is 0.750. The molecule has 2 heteroatoms. The van der Waals surface area contributed by atoms with Crippen LogP contribution in [-0.4, -0.2) is 12.6 Å². The van der Waals surface area contributed by atoms with Crippen LogP contribution in [0.5, 0.6) is 0 Å². The quantitative estimate of drug-likeness (QED) is 0.510. The van der Waals surface area contributed by atoms with Gasteiger partial charge in [-0.05, 0) is 33.1 Å². The lowest BCUT2D eigenvalue weighted by atomic mass is 9.82. The molecule has 1 aliphatic rings. The average Bonchev–Trinajstić information content (AvgIpc) is 2.43. The van der Waals surface area contributed by atoms with Crippen LogP contribution in [0.1, 0.15) is 46.5 Å². The Labute approximate surface area is 86.3 Å². The van der Waals surface area contributed by atoms with Crippen LogP contribution in [-0.2, 0) is 9.53 Å². The van der Waals surface area contributed by atoms with Crippen LogP contribution in [0.15, 0.2) is 11.6 Å². The highest BCUT2D eigenvalue weighted by atomic mass is 16.5. The molecular formula is C12H20O2. The van der Waals surface area contributed by atoms with E-state index in [1.54, 1.807) is 0 Å². The molecule has 0 radical (unpaired) electrons. The third-order valence-electron chi connectivity index (χ3n) is 2.83. The fourth-order valence-corrected chi connectivity index (χ4v) is 1.88. The van der Waals surface area contributed by atoms with Gasteiger partial charge in [-0.25, -0.2) is 0 Å². The lowest BCUT2D eigenvalue weighted by molar-refractivity contribution is -0.145. The smallest absolute Gasteiger partial charge is 0.312 e. The zero-order valence-electron chi connectivity index (χ0n) is 9.43. The first-order chi connectivity index (χ1) is 6.58. The topological polar surface area (TPSA) is 26.3 Å². The second-order valence-electron chi connectivity index (χ2n) is 4.46. The van der Waals surface area contributed by atoms with Gasteiger partial charge >= 0.3 is 5.97 Å². The SMILES string of the molecule is CCCC=C(C)CC1(C)CCOC1=O. The van der Waals surface area contributed by atoms with Crippen molar-refractivity contribution in [2.24, 2.45) is 5.41 Å². The first-order valence-electron chi connectivity index (χ1n) is 5.41. The number of hydrogen-bond donors (Lipinski definition) is 0. The Morgan fingerprint density at radius 2 is 2.36 bits per heavy atom. The monoisotopic (exact) mass is 196 g/mol. The van der Waals surface area contributed by atoms with E-state index < -0.39 is 0 Å². The zero-order valence-corrected chi connectivity index (χ0v) is 9.43. The maximum Gasteiger partial charge on any atom is 0.312 e. The molecule has 0 aromatic heterocycles. The van der Waals surface area contributed by atoms with E-state index in [-0.39, 0.29) is 11.4 Å². The molecular weight excluding hydrogens is 176 g/mol. The van der Waals surface area contributed by atoms with Gasteiger partial charge in [-0.2, -0.15) is 0 Å². The Kier molecular flexibility index (Phi) is 3.73. The van der Waals surface area contributed by atoms with Crippen LogP contribution in [0.4, 0.5) is 0 Å². The van der Waals surface area contributed by atoms with Gasteiger partial charge in [0, 0.05) is 0 Å². The van der Waals surface area contributed by atoms with Crippen LogP contribution in [0.2, 0.25) is 0 Å². The van der Waals surface area contributed by atoms with Crippen molar-refractivity contribution in [1.82, 2.24) is 0 Å². The zero-order chi connectivity index (χ0) is 10.6. The third kappa shape index (κ3) is 2.60. The maximum absolute atomic E-state index is 11.5. The Bertz CT molecular complexity index is 243. The molecule has 80 valence electrons. The normalized spacial score (nSPS) is 27.9. The number of carbonyl (C=O) groups excluding carboxylic acids is 1. The predicted octanol–water partition coefficient (Wildman–Crippen LogP) is 3.08. The van der Waals surface area contributed by atoms with Crippen molar-refractivity contribution >= 4 is 5.97 Å². The van der Waals surface area contributed by atoms with E-state index in [0.717, 1.165) is 19.3 Å². The van der Waals surface area contributed by atoms with Crippen molar-refractivity contribution in [3.05, 3.63) is 11.6 Å². The molecule has 0 aliphatic carbocycles. The number of carbonyl (C=O) groups is 1. The summed E-state index contributed by atoms with van der Waals surface area (Å²) >= 11 is 0. The first kappa shape index (κ1) is 11.3. The van der Waals surface area contributed by atoms with Crippen molar-refractivity contribution in [2.45, 2.75) is 46.5 Å². The molecule has 1 fully saturated rings. The summed E-state index contributed by atoms with van der Waals surface area (Å²) in [6.45, 7) is 6.86. The third-order valence-corrected chi connectivity index (χ3v) is 2.83. The molecule has 14 heavy (non-hydrogen) atoms. The van der Waals surface area contributed by atoms with Crippen molar-refractivity contribution in [3.8, 4) is 0 Å². The maximum atomic E-state index is 11.5. The second kappa shape index (κ2) is 4.63. The van der Waals surface area contributed by atoms with Gasteiger partial charge in [0.25, 0.3) is 0 Å². The lowest BCUT2D eigenvalue weighted by Crippen LogP contribution is -2.22. The van der Waals surface area contributed by atoms with E-state index in [1.165, 1.54) is 12.0 Å². The highest BCUT2D eigenvalue weighted by molar-refractivity contribution is 5.78. The number of hydrogen-bond acceptors (Lipinski definition) is 2. The molecule has 0 bridgehead atoms. The lowest BCUT2D eigenvalue weighted by Gasteiger charge is -2.18. The van der Waals surface area contributed by atoms with E-state index >= 15 is 0 Å². The Morgan fingerprint density at radius 1 is 1.64 bits per heavy atom. The minimum atomic E-state index is -0.256. The molecule has 1 atom stereocenters. The van der Waals surface area contributed by atoms with Gasteiger partial charge in [-0.3, -0.25) is 4.79 Å². The standard InChI is InChI=1S/C12H20O2/c1-4-5-6-10(2)9-12(3)7-8-14-11(12)13/h6H,4-5,7-9H2,1-3H3. The summed E-state index contributed by atoms with van der Waals surface area (Å²) in [7, 11) is 0. The molecule has 1 saturated heterocycles. The second-order valence-corrected chi connectivity index (χ2v) is 4.46. The summed E-state index contributed by atoms with van der Waals surface area (Å²) in [6, 6.07) is 0. The van der Waals surface area contributed by atoms with Crippen LogP contribution in [0.25, 0.3) is 0 Å². The van der Waals surface area contributed by atoms with Gasteiger partial charge in [0.1, 0.15) is 0 Å². The molecule has 2 nitrogen and oxygen atoms in total. The summed E-state index contributed by atoms with van der Waals surface area (Å²) < 4.78 is 5.01. The first-order valence-corrected chi connectivity index (χ1v) is 5.41. The minimum absolute atomic E-state index is 0.0262. The van der Waals surface area contributed by atoms with Crippen LogP contribution < -0.4 is 0 Å². The van der Waals surface area contributed by atoms with E-state index in [2.05, 4.69) is 19.9 Å². The number of unbranched alkanes of at least 4 members (excludes halogenated alkanes) is 1. The molecule has 0 spiro atoms. The molecule has 0 amide bonds. The van der Waals surface area contributed by atoms with E-state index in [0.29, 0.717) is 6.61 Å².